The molecular formula is C15H18N2O3S. The number of aliphatic hydroxyl groups is 1. The molecule has 0 amide bonds. The highest BCUT2D eigenvalue weighted by Crippen LogP contribution is 2.30. The molecule has 6 heteroatoms. The summed E-state index contributed by atoms with van der Waals surface area (Å²) in [5.74, 6) is 0. The first-order chi connectivity index (χ1) is 9.99. The van der Waals surface area contributed by atoms with Crippen LogP contribution < -0.4 is 4.90 Å². The Morgan fingerprint density at radius 1 is 1.43 bits per heavy atom. The number of nitro groups is 1. The normalized spacial score (nSPS) is 12.1. The second kappa shape index (κ2) is 6.69. The number of thiophene rings is 1. The average Bonchev–Trinajstić information content (AvgIpc) is 2.97. The van der Waals surface area contributed by atoms with Crippen molar-refractivity contribution in [2.45, 2.75) is 19.4 Å². The minimum atomic E-state index is -0.714. The quantitative estimate of drug-likeness (QED) is 0.656. The maximum absolute atomic E-state index is 11.2. The van der Waals surface area contributed by atoms with Gasteiger partial charge in [-0.15, -0.1) is 11.3 Å². The van der Waals surface area contributed by atoms with Crippen LogP contribution in [0.2, 0.25) is 0 Å². The molecule has 1 aromatic heterocycles. The highest BCUT2D eigenvalue weighted by molar-refractivity contribution is 7.09. The third-order valence-electron chi connectivity index (χ3n) is 3.36. The predicted molar refractivity (Wildman–Crippen MR) is 85.0 cm³/mol. The molecule has 0 aliphatic rings. The Balaban J connectivity index is 2.19. The van der Waals surface area contributed by atoms with E-state index in [4.69, 9.17) is 0 Å². The second-order valence-electron chi connectivity index (χ2n) is 4.93. The monoisotopic (exact) mass is 306 g/mol. The van der Waals surface area contributed by atoms with Gasteiger partial charge in [-0.05, 0) is 36.4 Å². The molecule has 2 aromatic rings. The highest BCUT2D eigenvalue weighted by Gasteiger charge is 2.19. The van der Waals surface area contributed by atoms with Gasteiger partial charge < -0.3 is 10.0 Å². The third-order valence-corrected chi connectivity index (χ3v) is 4.30. The summed E-state index contributed by atoms with van der Waals surface area (Å²) in [6.45, 7) is 2.30. The van der Waals surface area contributed by atoms with Gasteiger partial charge in [0.2, 0.25) is 0 Å². The van der Waals surface area contributed by atoms with Crippen LogP contribution in [0.5, 0.6) is 0 Å². The molecule has 0 bridgehead atoms. The lowest BCUT2D eigenvalue weighted by Crippen LogP contribution is -2.21. The molecule has 0 aliphatic heterocycles. The zero-order chi connectivity index (χ0) is 15.4. The number of nitrogens with zero attached hydrogens (tertiary/aromatic N) is 2. The number of anilines is 1. The fourth-order valence-corrected chi connectivity index (χ4v) is 2.82. The molecule has 1 unspecified atom stereocenters. The van der Waals surface area contributed by atoms with E-state index in [-0.39, 0.29) is 5.69 Å². The molecule has 2 rings (SSSR count). The summed E-state index contributed by atoms with van der Waals surface area (Å²) in [5.41, 5.74) is 1.15. The van der Waals surface area contributed by atoms with Gasteiger partial charge >= 0.3 is 0 Å². The van der Waals surface area contributed by atoms with Crippen LogP contribution in [-0.2, 0) is 6.42 Å². The van der Waals surface area contributed by atoms with Gasteiger partial charge in [0.15, 0.2) is 0 Å². The molecule has 112 valence electrons. The number of nitro benzene ring substituents is 1. The van der Waals surface area contributed by atoms with E-state index < -0.39 is 11.0 Å². The SMILES string of the molecule is CC(O)c1ccc(N(C)CCc2cccs2)c([N+](=O)[O-])c1. The first kappa shape index (κ1) is 15.5. The van der Waals surface area contributed by atoms with Crippen LogP contribution in [0.1, 0.15) is 23.5 Å². The lowest BCUT2D eigenvalue weighted by molar-refractivity contribution is -0.384. The molecule has 5 nitrogen and oxygen atoms in total. The highest BCUT2D eigenvalue weighted by atomic mass is 32.1. The van der Waals surface area contributed by atoms with Gasteiger partial charge in [0.25, 0.3) is 5.69 Å². The van der Waals surface area contributed by atoms with Gasteiger partial charge in [-0.2, -0.15) is 0 Å². The molecule has 1 atom stereocenters. The van der Waals surface area contributed by atoms with E-state index >= 15 is 0 Å². The molecule has 0 saturated carbocycles. The Labute approximate surface area is 127 Å². The molecule has 0 saturated heterocycles. The van der Waals surface area contributed by atoms with Gasteiger partial charge in [0, 0.05) is 24.5 Å². The van der Waals surface area contributed by atoms with Gasteiger partial charge in [-0.3, -0.25) is 10.1 Å². The summed E-state index contributed by atoms with van der Waals surface area (Å²) < 4.78 is 0. The number of likely N-dealkylation sites (N-methyl/N-ethyl adjacent to an activating group) is 1. The van der Waals surface area contributed by atoms with Gasteiger partial charge in [-0.25, -0.2) is 0 Å². The van der Waals surface area contributed by atoms with Crippen molar-refractivity contribution in [3.63, 3.8) is 0 Å². The van der Waals surface area contributed by atoms with Crippen LogP contribution in [0.25, 0.3) is 0 Å². The van der Waals surface area contributed by atoms with Crippen LogP contribution in [-0.4, -0.2) is 23.6 Å². The van der Waals surface area contributed by atoms with E-state index in [0.717, 1.165) is 6.42 Å². The second-order valence-corrected chi connectivity index (χ2v) is 5.96. The number of aliphatic hydroxyl groups excluding tert-OH is 1. The van der Waals surface area contributed by atoms with Crippen molar-refractivity contribution < 1.29 is 10.0 Å². The topological polar surface area (TPSA) is 66.6 Å². The van der Waals surface area contributed by atoms with Crippen LogP contribution in [0.15, 0.2) is 35.7 Å². The summed E-state index contributed by atoms with van der Waals surface area (Å²) in [6.07, 6.45) is 0.137. The van der Waals surface area contributed by atoms with Crippen molar-refractivity contribution in [1.29, 1.82) is 0 Å². The molecular weight excluding hydrogens is 288 g/mol. The van der Waals surface area contributed by atoms with E-state index in [2.05, 4.69) is 6.07 Å². The molecule has 0 radical (unpaired) electrons. The molecule has 0 aliphatic carbocycles. The summed E-state index contributed by atoms with van der Waals surface area (Å²) in [7, 11) is 1.85. The number of hydrogen-bond acceptors (Lipinski definition) is 5. The zero-order valence-electron chi connectivity index (χ0n) is 12.0. The van der Waals surface area contributed by atoms with E-state index in [1.165, 1.54) is 10.9 Å². The van der Waals surface area contributed by atoms with Crippen molar-refractivity contribution in [3.05, 3.63) is 56.3 Å². The lowest BCUT2D eigenvalue weighted by Gasteiger charge is -2.19. The molecule has 1 heterocycles. The zero-order valence-corrected chi connectivity index (χ0v) is 12.8. The Hall–Kier alpha value is -1.92. The summed E-state index contributed by atoms with van der Waals surface area (Å²) in [4.78, 5) is 14.0. The van der Waals surface area contributed by atoms with Gasteiger partial charge in [-0.1, -0.05) is 12.1 Å². The van der Waals surface area contributed by atoms with Crippen molar-refractivity contribution in [3.8, 4) is 0 Å². The third kappa shape index (κ3) is 3.80. The fourth-order valence-electron chi connectivity index (χ4n) is 2.12. The van der Waals surface area contributed by atoms with E-state index in [1.54, 1.807) is 30.4 Å². The predicted octanol–water partition coefficient (Wildman–Crippen LogP) is 3.39. The standard InChI is InChI=1S/C15H18N2O3S/c1-11(18)12-5-6-14(15(10-12)17(19)20)16(2)8-7-13-4-3-9-21-13/h3-6,9-11,18H,7-8H2,1-2H3. The minimum absolute atomic E-state index is 0.0297. The Morgan fingerprint density at radius 3 is 2.76 bits per heavy atom. The largest absolute Gasteiger partial charge is 0.389 e. The van der Waals surface area contributed by atoms with E-state index in [0.29, 0.717) is 17.8 Å². The van der Waals surface area contributed by atoms with Gasteiger partial charge in [0.1, 0.15) is 5.69 Å². The minimum Gasteiger partial charge on any atom is -0.389 e. The number of benzene rings is 1. The average molecular weight is 306 g/mol. The number of rotatable bonds is 6. The molecule has 1 aromatic carbocycles. The Bertz CT molecular complexity index is 611. The van der Waals surface area contributed by atoms with E-state index in [1.807, 2.05) is 23.4 Å². The van der Waals surface area contributed by atoms with Crippen LogP contribution in [0, 0.1) is 10.1 Å². The molecule has 0 fully saturated rings. The van der Waals surface area contributed by atoms with Crippen LogP contribution in [0.3, 0.4) is 0 Å². The van der Waals surface area contributed by atoms with Crippen molar-refractivity contribution in [1.82, 2.24) is 0 Å². The maximum atomic E-state index is 11.2. The van der Waals surface area contributed by atoms with Gasteiger partial charge in [0.05, 0.1) is 11.0 Å². The first-order valence-electron chi connectivity index (χ1n) is 6.69. The Kier molecular flexibility index (Phi) is 4.93. The van der Waals surface area contributed by atoms with Crippen LogP contribution >= 0.6 is 11.3 Å². The molecule has 21 heavy (non-hydrogen) atoms. The molecule has 0 spiro atoms. The summed E-state index contributed by atoms with van der Waals surface area (Å²) >= 11 is 1.68. The van der Waals surface area contributed by atoms with Crippen molar-refractivity contribution in [2.24, 2.45) is 0 Å². The van der Waals surface area contributed by atoms with Crippen LogP contribution in [0.4, 0.5) is 11.4 Å². The maximum Gasteiger partial charge on any atom is 0.292 e. The summed E-state index contributed by atoms with van der Waals surface area (Å²) in [5, 5.41) is 22.8. The Morgan fingerprint density at radius 2 is 2.19 bits per heavy atom. The lowest BCUT2D eigenvalue weighted by atomic mass is 10.1. The first-order valence-corrected chi connectivity index (χ1v) is 7.57. The van der Waals surface area contributed by atoms with E-state index in [9.17, 15) is 15.2 Å². The molecule has 1 N–H and O–H groups in total. The number of hydrogen-bond donors (Lipinski definition) is 1. The smallest absolute Gasteiger partial charge is 0.292 e. The van der Waals surface area contributed by atoms with Crippen molar-refractivity contribution >= 4 is 22.7 Å². The fraction of sp³-hybridized carbons (Fsp3) is 0.333. The van der Waals surface area contributed by atoms with Crippen molar-refractivity contribution in [2.75, 3.05) is 18.5 Å². The summed E-state index contributed by atoms with van der Waals surface area (Å²) in [6, 6.07) is 8.94.